The number of likely N-dealkylation sites (tertiary alicyclic amines) is 1. The van der Waals surface area contributed by atoms with Crippen molar-refractivity contribution >= 4 is 29.1 Å². The molecule has 2 bridgehead atoms. The second-order valence-corrected chi connectivity index (χ2v) is 4.77. The van der Waals surface area contributed by atoms with Gasteiger partial charge in [-0.3, -0.25) is 0 Å². The van der Waals surface area contributed by atoms with Crippen LogP contribution < -0.4 is 5.32 Å². The van der Waals surface area contributed by atoms with E-state index < -0.39 is 0 Å². The van der Waals surface area contributed by atoms with E-state index in [0.717, 1.165) is 22.9 Å². The van der Waals surface area contributed by atoms with Crippen molar-refractivity contribution in [2.75, 3.05) is 19.3 Å². The average molecular weight is 188 g/mol. The molecule has 2 nitrogen and oxygen atoms in total. The minimum atomic E-state index is 0.727. The highest BCUT2D eigenvalue weighted by atomic mass is 32.2. The van der Waals surface area contributed by atoms with Gasteiger partial charge in [0, 0.05) is 30.6 Å². The number of rotatable bonds is 0. The lowest BCUT2D eigenvalue weighted by Crippen LogP contribution is -2.43. The Bertz CT molecular complexity index is 183. The summed E-state index contributed by atoms with van der Waals surface area (Å²) in [5, 5.41) is 4.82. The smallest absolute Gasteiger partial charge is 0.168 e. The average Bonchev–Trinajstić information content (AvgIpc) is 2.62. The molecule has 2 fully saturated rings. The molecule has 0 amide bonds. The fourth-order valence-corrected chi connectivity index (χ4v) is 3.45. The van der Waals surface area contributed by atoms with Gasteiger partial charge in [0.2, 0.25) is 0 Å². The summed E-state index contributed by atoms with van der Waals surface area (Å²) in [6.45, 7) is 1.16. The van der Waals surface area contributed by atoms with Crippen LogP contribution in [-0.4, -0.2) is 40.6 Å². The van der Waals surface area contributed by atoms with Gasteiger partial charge in [-0.2, -0.15) is 11.8 Å². The number of fused-ring (bicyclic) bond motifs is 2. The monoisotopic (exact) mass is 188 g/mol. The van der Waals surface area contributed by atoms with Crippen molar-refractivity contribution in [2.24, 2.45) is 0 Å². The maximum atomic E-state index is 5.18. The molecule has 4 heteroatoms. The fourth-order valence-electron chi connectivity index (χ4n) is 1.79. The van der Waals surface area contributed by atoms with E-state index in [1.807, 2.05) is 7.05 Å². The van der Waals surface area contributed by atoms with Gasteiger partial charge < -0.3 is 10.2 Å². The number of hydrogen-bond acceptors (Lipinski definition) is 2. The lowest BCUT2D eigenvalue weighted by atomic mass is 10.2. The van der Waals surface area contributed by atoms with E-state index in [1.54, 1.807) is 0 Å². The molecule has 2 atom stereocenters. The molecule has 0 saturated carbocycles. The predicted molar refractivity (Wildman–Crippen MR) is 53.0 cm³/mol. The first kappa shape index (κ1) is 7.68. The van der Waals surface area contributed by atoms with Crippen molar-refractivity contribution < 1.29 is 0 Å². The van der Waals surface area contributed by atoms with Gasteiger partial charge in [-0.1, -0.05) is 0 Å². The van der Waals surface area contributed by atoms with Crippen LogP contribution in [0.5, 0.6) is 0 Å². The molecule has 62 valence electrons. The van der Waals surface area contributed by atoms with Crippen LogP contribution in [0.2, 0.25) is 0 Å². The Hall–Kier alpha value is 0.0400. The van der Waals surface area contributed by atoms with Gasteiger partial charge in [0.05, 0.1) is 0 Å². The second kappa shape index (κ2) is 2.83. The summed E-state index contributed by atoms with van der Waals surface area (Å²) in [4.78, 5) is 2.33. The standard InChI is InChI=1S/C7H12N2S2/c1-8-7(10)9-3-6-2-5(9)4-11-6/h5-6H,2-4H2,1H3,(H,8,10). The minimum Gasteiger partial charge on any atom is -0.366 e. The Kier molecular flexibility index (Phi) is 1.97. The van der Waals surface area contributed by atoms with Crippen molar-refractivity contribution in [1.82, 2.24) is 10.2 Å². The molecular formula is C7H12N2S2. The van der Waals surface area contributed by atoms with Crippen LogP contribution in [0.1, 0.15) is 6.42 Å². The van der Waals surface area contributed by atoms with E-state index >= 15 is 0 Å². The third-order valence-corrected chi connectivity index (χ3v) is 4.20. The molecule has 0 radical (unpaired) electrons. The lowest BCUT2D eigenvalue weighted by molar-refractivity contribution is 0.413. The quantitative estimate of drug-likeness (QED) is 0.562. The van der Waals surface area contributed by atoms with Crippen molar-refractivity contribution in [3.63, 3.8) is 0 Å². The zero-order chi connectivity index (χ0) is 7.84. The molecule has 0 aliphatic carbocycles. The first-order valence-electron chi connectivity index (χ1n) is 3.91. The van der Waals surface area contributed by atoms with Gasteiger partial charge >= 0.3 is 0 Å². The summed E-state index contributed by atoms with van der Waals surface area (Å²) in [5.74, 6) is 1.27. The Morgan fingerprint density at radius 3 is 3.00 bits per heavy atom. The highest BCUT2D eigenvalue weighted by molar-refractivity contribution is 8.00. The maximum Gasteiger partial charge on any atom is 0.168 e. The third kappa shape index (κ3) is 1.22. The SMILES string of the molecule is CNC(=S)N1CC2CC1CS2. The molecule has 2 heterocycles. The summed E-state index contributed by atoms with van der Waals surface area (Å²) in [5.41, 5.74) is 0. The second-order valence-electron chi connectivity index (χ2n) is 3.05. The van der Waals surface area contributed by atoms with Gasteiger partial charge in [0.25, 0.3) is 0 Å². The maximum absolute atomic E-state index is 5.18. The number of nitrogens with one attached hydrogen (secondary N) is 1. The highest BCUT2D eigenvalue weighted by Gasteiger charge is 2.39. The van der Waals surface area contributed by atoms with E-state index in [4.69, 9.17) is 12.2 Å². The van der Waals surface area contributed by atoms with Crippen molar-refractivity contribution in [3.8, 4) is 0 Å². The van der Waals surface area contributed by atoms with Crippen LogP contribution in [0.15, 0.2) is 0 Å². The number of thiocarbonyl (C=S) groups is 1. The molecule has 0 aromatic carbocycles. The number of nitrogens with zero attached hydrogens (tertiary/aromatic N) is 1. The first-order chi connectivity index (χ1) is 5.31. The van der Waals surface area contributed by atoms with Crippen LogP contribution in [-0.2, 0) is 0 Å². The first-order valence-corrected chi connectivity index (χ1v) is 5.37. The number of thioether (sulfide) groups is 1. The summed E-state index contributed by atoms with van der Waals surface area (Å²) < 4.78 is 0. The van der Waals surface area contributed by atoms with Gasteiger partial charge in [-0.05, 0) is 18.6 Å². The van der Waals surface area contributed by atoms with E-state index in [0.29, 0.717) is 0 Å². The summed E-state index contributed by atoms with van der Waals surface area (Å²) in [7, 11) is 1.90. The molecule has 2 rings (SSSR count). The van der Waals surface area contributed by atoms with Crippen LogP contribution in [0.25, 0.3) is 0 Å². The van der Waals surface area contributed by atoms with E-state index in [1.165, 1.54) is 12.2 Å². The van der Waals surface area contributed by atoms with Crippen molar-refractivity contribution in [1.29, 1.82) is 0 Å². The van der Waals surface area contributed by atoms with Gasteiger partial charge in [-0.15, -0.1) is 0 Å². The Labute approximate surface area is 76.7 Å². The van der Waals surface area contributed by atoms with Crippen molar-refractivity contribution in [3.05, 3.63) is 0 Å². The zero-order valence-electron chi connectivity index (χ0n) is 6.54. The third-order valence-electron chi connectivity index (χ3n) is 2.38. The van der Waals surface area contributed by atoms with Crippen LogP contribution in [0.4, 0.5) is 0 Å². The Morgan fingerprint density at radius 2 is 2.55 bits per heavy atom. The summed E-state index contributed by atoms with van der Waals surface area (Å²) in [6, 6.07) is 0.727. The van der Waals surface area contributed by atoms with E-state index in [9.17, 15) is 0 Å². The van der Waals surface area contributed by atoms with Gasteiger partial charge in [0.1, 0.15) is 0 Å². The van der Waals surface area contributed by atoms with Gasteiger partial charge in [0.15, 0.2) is 5.11 Å². The van der Waals surface area contributed by atoms with E-state index in [-0.39, 0.29) is 0 Å². The molecular weight excluding hydrogens is 176 g/mol. The molecule has 2 unspecified atom stereocenters. The summed E-state index contributed by atoms with van der Waals surface area (Å²) in [6.07, 6.45) is 1.34. The topological polar surface area (TPSA) is 15.3 Å². The minimum absolute atomic E-state index is 0.727. The molecule has 0 aromatic rings. The molecule has 0 spiro atoms. The van der Waals surface area contributed by atoms with Crippen LogP contribution in [0.3, 0.4) is 0 Å². The highest BCUT2D eigenvalue weighted by Crippen LogP contribution is 2.37. The molecule has 2 saturated heterocycles. The van der Waals surface area contributed by atoms with Crippen LogP contribution in [0, 0.1) is 0 Å². The summed E-state index contributed by atoms with van der Waals surface area (Å²) >= 11 is 7.28. The molecule has 11 heavy (non-hydrogen) atoms. The number of hydrogen-bond donors (Lipinski definition) is 1. The molecule has 0 aromatic heterocycles. The van der Waals surface area contributed by atoms with E-state index in [2.05, 4.69) is 22.0 Å². The van der Waals surface area contributed by atoms with Gasteiger partial charge in [-0.25, -0.2) is 0 Å². The van der Waals surface area contributed by atoms with Crippen molar-refractivity contribution in [2.45, 2.75) is 17.7 Å². The molecule has 1 N–H and O–H groups in total. The Balaban J connectivity index is 2.02. The molecule has 2 aliphatic rings. The zero-order valence-corrected chi connectivity index (χ0v) is 8.17. The lowest BCUT2D eigenvalue weighted by Gasteiger charge is -2.28. The van der Waals surface area contributed by atoms with Crippen LogP contribution >= 0.6 is 24.0 Å². The largest absolute Gasteiger partial charge is 0.366 e. The Morgan fingerprint density at radius 1 is 1.73 bits per heavy atom. The normalized spacial score (nSPS) is 34.5. The predicted octanol–water partition coefficient (Wildman–Crippen LogP) is 0.680. The molecule has 2 aliphatic heterocycles. The fraction of sp³-hybridized carbons (Fsp3) is 0.857.